The van der Waals surface area contributed by atoms with Crippen LogP contribution < -0.4 is 5.32 Å². The SMILES string of the molecule is O=C(O)c1ccccc1NCc1ccc(Cn2cccn2)cc1. The quantitative estimate of drug-likeness (QED) is 0.733. The fraction of sp³-hybridized carbons (Fsp3) is 0.111. The molecule has 0 spiro atoms. The lowest BCUT2D eigenvalue weighted by Gasteiger charge is -2.10. The van der Waals surface area contributed by atoms with Gasteiger partial charge in [-0.1, -0.05) is 36.4 Å². The molecule has 0 aliphatic heterocycles. The van der Waals surface area contributed by atoms with Gasteiger partial charge in [-0.2, -0.15) is 5.10 Å². The summed E-state index contributed by atoms with van der Waals surface area (Å²) in [5, 5.41) is 16.5. The zero-order valence-corrected chi connectivity index (χ0v) is 12.5. The minimum atomic E-state index is -0.928. The van der Waals surface area contributed by atoms with Crippen molar-refractivity contribution in [1.82, 2.24) is 9.78 Å². The molecule has 0 saturated carbocycles. The number of rotatable bonds is 6. The highest BCUT2D eigenvalue weighted by Gasteiger charge is 2.08. The summed E-state index contributed by atoms with van der Waals surface area (Å²) >= 11 is 0. The van der Waals surface area contributed by atoms with Crippen LogP contribution in [0.1, 0.15) is 21.5 Å². The van der Waals surface area contributed by atoms with E-state index in [9.17, 15) is 9.90 Å². The van der Waals surface area contributed by atoms with Crippen molar-refractivity contribution in [2.24, 2.45) is 0 Å². The fourth-order valence-corrected chi connectivity index (χ4v) is 2.36. The summed E-state index contributed by atoms with van der Waals surface area (Å²) in [5.41, 5.74) is 3.17. The minimum absolute atomic E-state index is 0.280. The predicted molar refractivity (Wildman–Crippen MR) is 88.5 cm³/mol. The van der Waals surface area contributed by atoms with Gasteiger partial charge in [0.2, 0.25) is 0 Å². The minimum Gasteiger partial charge on any atom is -0.478 e. The van der Waals surface area contributed by atoms with E-state index in [0.717, 1.165) is 12.1 Å². The first-order valence-corrected chi connectivity index (χ1v) is 7.34. The largest absolute Gasteiger partial charge is 0.478 e. The van der Waals surface area contributed by atoms with Gasteiger partial charge in [0.25, 0.3) is 0 Å². The number of anilines is 1. The molecule has 3 aromatic rings. The molecular formula is C18H17N3O2. The third kappa shape index (κ3) is 3.77. The smallest absolute Gasteiger partial charge is 0.337 e. The zero-order valence-electron chi connectivity index (χ0n) is 12.5. The van der Waals surface area contributed by atoms with Crippen molar-refractivity contribution in [3.8, 4) is 0 Å². The van der Waals surface area contributed by atoms with Crippen LogP contribution in [0.2, 0.25) is 0 Å². The highest BCUT2D eigenvalue weighted by atomic mass is 16.4. The van der Waals surface area contributed by atoms with E-state index < -0.39 is 5.97 Å². The summed E-state index contributed by atoms with van der Waals surface area (Å²) in [5.74, 6) is -0.928. The molecule has 0 aliphatic rings. The number of hydrogen-bond acceptors (Lipinski definition) is 3. The van der Waals surface area contributed by atoms with E-state index in [0.29, 0.717) is 12.2 Å². The van der Waals surface area contributed by atoms with Crippen LogP contribution in [0.4, 0.5) is 5.69 Å². The number of carboxylic acid groups (broad SMARTS) is 1. The zero-order chi connectivity index (χ0) is 16.1. The lowest BCUT2D eigenvalue weighted by molar-refractivity contribution is 0.0698. The Labute approximate surface area is 134 Å². The summed E-state index contributed by atoms with van der Waals surface area (Å²) < 4.78 is 1.87. The molecule has 0 fully saturated rings. The molecule has 0 radical (unpaired) electrons. The van der Waals surface area contributed by atoms with Gasteiger partial charge in [-0.15, -0.1) is 0 Å². The predicted octanol–water partition coefficient (Wildman–Crippen LogP) is 3.24. The van der Waals surface area contributed by atoms with Gasteiger partial charge in [0, 0.05) is 24.6 Å². The molecule has 3 rings (SSSR count). The van der Waals surface area contributed by atoms with Gasteiger partial charge in [0.05, 0.1) is 12.1 Å². The Hall–Kier alpha value is -3.08. The van der Waals surface area contributed by atoms with E-state index in [1.54, 1.807) is 24.4 Å². The summed E-state index contributed by atoms with van der Waals surface area (Å²) in [6.07, 6.45) is 3.69. The molecule has 0 unspecified atom stereocenters. The molecule has 2 N–H and O–H groups in total. The Kier molecular flexibility index (Phi) is 4.38. The first-order valence-electron chi connectivity index (χ1n) is 7.34. The number of hydrogen-bond donors (Lipinski definition) is 2. The van der Waals surface area contributed by atoms with E-state index in [1.807, 2.05) is 35.1 Å². The highest BCUT2D eigenvalue weighted by molar-refractivity contribution is 5.94. The normalized spacial score (nSPS) is 10.4. The Morgan fingerprint density at radius 2 is 1.78 bits per heavy atom. The summed E-state index contributed by atoms with van der Waals surface area (Å²) in [7, 11) is 0. The molecule has 23 heavy (non-hydrogen) atoms. The number of benzene rings is 2. The third-order valence-corrected chi connectivity index (χ3v) is 3.57. The van der Waals surface area contributed by atoms with Gasteiger partial charge in [-0.25, -0.2) is 4.79 Å². The monoisotopic (exact) mass is 307 g/mol. The fourth-order valence-electron chi connectivity index (χ4n) is 2.36. The maximum Gasteiger partial charge on any atom is 0.337 e. The molecule has 1 aromatic heterocycles. The molecule has 116 valence electrons. The van der Waals surface area contributed by atoms with E-state index in [-0.39, 0.29) is 5.56 Å². The number of aromatic nitrogens is 2. The second-order valence-electron chi connectivity index (χ2n) is 5.22. The van der Waals surface area contributed by atoms with Crippen molar-refractivity contribution in [3.05, 3.63) is 83.7 Å². The van der Waals surface area contributed by atoms with Gasteiger partial charge >= 0.3 is 5.97 Å². The second-order valence-corrected chi connectivity index (χ2v) is 5.22. The number of nitrogens with zero attached hydrogens (tertiary/aromatic N) is 2. The van der Waals surface area contributed by atoms with E-state index in [2.05, 4.69) is 22.5 Å². The summed E-state index contributed by atoms with van der Waals surface area (Å²) in [6.45, 7) is 1.31. The van der Waals surface area contributed by atoms with Gasteiger partial charge in [-0.3, -0.25) is 4.68 Å². The number of carboxylic acids is 1. The van der Waals surface area contributed by atoms with Crippen LogP contribution in [-0.4, -0.2) is 20.9 Å². The molecule has 1 heterocycles. The van der Waals surface area contributed by atoms with Crippen LogP contribution >= 0.6 is 0 Å². The van der Waals surface area contributed by atoms with Gasteiger partial charge in [-0.05, 0) is 29.3 Å². The van der Waals surface area contributed by atoms with Crippen LogP contribution in [-0.2, 0) is 13.1 Å². The van der Waals surface area contributed by atoms with Crippen LogP contribution in [0, 0.1) is 0 Å². The first kappa shape index (κ1) is 14.8. The Morgan fingerprint density at radius 3 is 2.48 bits per heavy atom. The van der Waals surface area contributed by atoms with Gasteiger partial charge in [0.1, 0.15) is 0 Å². The number of aromatic carboxylic acids is 1. The van der Waals surface area contributed by atoms with Crippen molar-refractivity contribution in [2.45, 2.75) is 13.1 Å². The van der Waals surface area contributed by atoms with E-state index in [4.69, 9.17) is 0 Å². The van der Waals surface area contributed by atoms with Crippen LogP contribution in [0.15, 0.2) is 67.0 Å². The molecular weight excluding hydrogens is 290 g/mol. The number of nitrogens with one attached hydrogen (secondary N) is 1. The van der Waals surface area contributed by atoms with Crippen molar-refractivity contribution in [3.63, 3.8) is 0 Å². The average molecular weight is 307 g/mol. The Balaban J connectivity index is 1.64. The molecule has 0 amide bonds. The Morgan fingerprint density at radius 1 is 1.04 bits per heavy atom. The van der Waals surface area contributed by atoms with Crippen LogP contribution in [0.3, 0.4) is 0 Å². The summed E-state index contributed by atoms with van der Waals surface area (Å²) in [4.78, 5) is 11.2. The first-order chi connectivity index (χ1) is 11.2. The molecule has 5 heteroatoms. The molecule has 5 nitrogen and oxygen atoms in total. The lowest BCUT2D eigenvalue weighted by Crippen LogP contribution is -2.06. The van der Waals surface area contributed by atoms with Gasteiger partial charge in [0.15, 0.2) is 0 Å². The summed E-state index contributed by atoms with van der Waals surface area (Å²) in [6, 6.07) is 17.0. The molecule has 0 aliphatic carbocycles. The second kappa shape index (κ2) is 6.79. The molecule has 2 aromatic carbocycles. The van der Waals surface area contributed by atoms with Crippen LogP contribution in [0.5, 0.6) is 0 Å². The van der Waals surface area contributed by atoms with E-state index in [1.165, 1.54) is 5.56 Å². The number of carbonyl (C=O) groups is 1. The van der Waals surface area contributed by atoms with Crippen LogP contribution in [0.25, 0.3) is 0 Å². The standard InChI is InChI=1S/C18H17N3O2/c22-18(23)16-4-1-2-5-17(16)19-12-14-6-8-15(9-7-14)13-21-11-3-10-20-21/h1-11,19H,12-13H2,(H,22,23). The van der Waals surface area contributed by atoms with E-state index >= 15 is 0 Å². The Bertz CT molecular complexity index is 780. The van der Waals surface area contributed by atoms with Crippen molar-refractivity contribution in [1.29, 1.82) is 0 Å². The van der Waals surface area contributed by atoms with Crippen molar-refractivity contribution < 1.29 is 9.90 Å². The van der Waals surface area contributed by atoms with Gasteiger partial charge < -0.3 is 10.4 Å². The molecule has 0 saturated heterocycles. The third-order valence-electron chi connectivity index (χ3n) is 3.57. The molecule has 0 atom stereocenters. The van der Waals surface area contributed by atoms with Crippen molar-refractivity contribution in [2.75, 3.05) is 5.32 Å². The lowest BCUT2D eigenvalue weighted by atomic mass is 10.1. The topological polar surface area (TPSA) is 67.2 Å². The average Bonchev–Trinajstić information content (AvgIpc) is 3.07. The van der Waals surface area contributed by atoms with Crippen molar-refractivity contribution >= 4 is 11.7 Å². The number of para-hydroxylation sites is 1. The maximum absolute atomic E-state index is 11.2. The maximum atomic E-state index is 11.2. The molecule has 0 bridgehead atoms. The highest BCUT2D eigenvalue weighted by Crippen LogP contribution is 2.16.